The number of thioether (sulfide) groups is 1. The van der Waals surface area contributed by atoms with Crippen molar-refractivity contribution in [1.29, 1.82) is 5.26 Å². The highest BCUT2D eigenvalue weighted by Gasteiger charge is 2.32. The van der Waals surface area contributed by atoms with Gasteiger partial charge in [0.2, 0.25) is 5.91 Å². The first-order valence-electron chi connectivity index (χ1n) is 7.49. The largest absolute Gasteiger partial charge is 0.465 e. The third-order valence-corrected chi connectivity index (χ3v) is 5.00. The van der Waals surface area contributed by atoms with Crippen molar-refractivity contribution in [3.05, 3.63) is 45.5 Å². The van der Waals surface area contributed by atoms with Crippen molar-refractivity contribution in [3.63, 3.8) is 0 Å². The number of nitriles is 1. The molecule has 1 N–H and O–H groups in total. The Morgan fingerprint density at radius 3 is 2.88 bits per heavy atom. The minimum atomic E-state index is -0.534. The number of benzene rings is 1. The summed E-state index contributed by atoms with van der Waals surface area (Å²) in [6.45, 7) is 3.68. The Labute approximate surface area is 150 Å². The van der Waals surface area contributed by atoms with E-state index < -0.39 is 11.2 Å². The molecule has 1 aliphatic heterocycles. The van der Waals surface area contributed by atoms with E-state index in [-0.39, 0.29) is 24.9 Å². The van der Waals surface area contributed by atoms with E-state index in [1.165, 1.54) is 0 Å². The quantitative estimate of drug-likeness (QED) is 0.810. The molecule has 1 heterocycles. The molecule has 0 radical (unpaired) electrons. The average molecular weight is 365 g/mol. The monoisotopic (exact) mass is 364 g/mol. The van der Waals surface area contributed by atoms with Gasteiger partial charge >= 0.3 is 5.97 Å². The number of esters is 1. The van der Waals surface area contributed by atoms with E-state index in [2.05, 4.69) is 11.4 Å². The molecule has 7 heteroatoms. The summed E-state index contributed by atoms with van der Waals surface area (Å²) in [7, 11) is 0. The van der Waals surface area contributed by atoms with Crippen LogP contribution in [0.25, 0.3) is 0 Å². The standard InChI is InChI=1S/C17H17ClN2O3S/c1-3-23-17(22)10(2)24-16-13(9-19)12(8-15(21)20-16)11-6-4-5-7-14(11)18/h4-7,10,12H,3,8H2,1-2H3,(H,20,21). The van der Waals surface area contributed by atoms with Crippen LogP contribution in [0.1, 0.15) is 31.7 Å². The van der Waals surface area contributed by atoms with Crippen LogP contribution >= 0.6 is 23.4 Å². The second-order valence-electron chi connectivity index (χ2n) is 5.19. The number of carbonyl (C=O) groups is 2. The predicted octanol–water partition coefficient (Wildman–Crippen LogP) is 3.36. The van der Waals surface area contributed by atoms with Gasteiger partial charge in [0.15, 0.2) is 0 Å². The number of carbonyl (C=O) groups excluding carboxylic acids is 2. The molecule has 2 unspecified atom stereocenters. The fourth-order valence-corrected chi connectivity index (χ4v) is 3.69. The molecular weight excluding hydrogens is 348 g/mol. The van der Waals surface area contributed by atoms with E-state index >= 15 is 0 Å². The molecule has 0 bridgehead atoms. The fraction of sp³-hybridized carbons (Fsp3) is 0.353. The van der Waals surface area contributed by atoms with Crippen molar-refractivity contribution in [1.82, 2.24) is 5.32 Å². The Bertz CT molecular complexity index is 727. The summed E-state index contributed by atoms with van der Waals surface area (Å²) in [6, 6.07) is 9.31. The zero-order valence-electron chi connectivity index (χ0n) is 13.3. The molecule has 1 aliphatic rings. The Balaban J connectivity index is 2.37. The summed E-state index contributed by atoms with van der Waals surface area (Å²) < 4.78 is 4.97. The lowest BCUT2D eigenvalue weighted by Crippen LogP contribution is -2.32. The molecule has 5 nitrogen and oxygen atoms in total. The van der Waals surface area contributed by atoms with Gasteiger partial charge in [-0.3, -0.25) is 9.59 Å². The van der Waals surface area contributed by atoms with E-state index in [9.17, 15) is 14.9 Å². The van der Waals surface area contributed by atoms with Crippen LogP contribution < -0.4 is 5.32 Å². The normalized spacial score (nSPS) is 18.6. The van der Waals surface area contributed by atoms with Crippen molar-refractivity contribution in [2.45, 2.75) is 31.4 Å². The molecule has 2 rings (SSSR count). The van der Waals surface area contributed by atoms with Crippen LogP contribution in [0.15, 0.2) is 34.9 Å². The Morgan fingerprint density at radius 2 is 2.25 bits per heavy atom. The van der Waals surface area contributed by atoms with Gasteiger partial charge in [0.1, 0.15) is 5.25 Å². The van der Waals surface area contributed by atoms with E-state index in [0.717, 1.165) is 17.3 Å². The number of ether oxygens (including phenoxy) is 1. The van der Waals surface area contributed by atoms with E-state index in [4.69, 9.17) is 16.3 Å². The molecule has 1 aromatic rings. The molecule has 0 saturated heterocycles. The van der Waals surface area contributed by atoms with Crippen molar-refractivity contribution in [3.8, 4) is 6.07 Å². The zero-order valence-corrected chi connectivity index (χ0v) is 14.9. The molecule has 126 valence electrons. The molecule has 1 amide bonds. The van der Waals surface area contributed by atoms with E-state index in [1.54, 1.807) is 32.0 Å². The van der Waals surface area contributed by atoms with Crippen LogP contribution in [0.5, 0.6) is 0 Å². The number of allylic oxidation sites excluding steroid dienone is 1. The van der Waals surface area contributed by atoms with Gasteiger partial charge in [0, 0.05) is 17.4 Å². The van der Waals surface area contributed by atoms with Crippen LogP contribution in [0, 0.1) is 11.3 Å². The molecule has 24 heavy (non-hydrogen) atoms. The van der Waals surface area contributed by atoms with Gasteiger partial charge in [-0.1, -0.05) is 41.6 Å². The number of nitrogens with zero attached hydrogens (tertiary/aromatic N) is 1. The Hall–Kier alpha value is -1.97. The van der Waals surface area contributed by atoms with Gasteiger partial charge in [-0.05, 0) is 25.5 Å². The SMILES string of the molecule is CCOC(=O)C(C)SC1=C(C#N)C(c2ccccc2Cl)CC(=O)N1. The molecule has 0 saturated carbocycles. The number of hydrogen-bond donors (Lipinski definition) is 1. The molecule has 0 fully saturated rings. The Morgan fingerprint density at radius 1 is 1.54 bits per heavy atom. The van der Waals surface area contributed by atoms with Crippen LogP contribution in [0.2, 0.25) is 5.02 Å². The van der Waals surface area contributed by atoms with Gasteiger partial charge in [-0.2, -0.15) is 5.26 Å². The van der Waals surface area contributed by atoms with Gasteiger partial charge in [0.25, 0.3) is 0 Å². The lowest BCUT2D eigenvalue weighted by atomic mass is 9.87. The summed E-state index contributed by atoms with van der Waals surface area (Å²) >= 11 is 7.34. The first-order valence-corrected chi connectivity index (χ1v) is 8.75. The summed E-state index contributed by atoms with van der Waals surface area (Å²) in [5, 5.41) is 12.6. The first-order chi connectivity index (χ1) is 11.5. The maximum Gasteiger partial charge on any atom is 0.319 e. The lowest BCUT2D eigenvalue weighted by molar-refractivity contribution is -0.142. The van der Waals surface area contributed by atoms with Crippen molar-refractivity contribution in [2.75, 3.05) is 6.61 Å². The number of amides is 1. The molecular formula is C17H17ClN2O3S. The average Bonchev–Trinajstić information content (AvgIpc) is 2.55. The number of nitrogens with one attached hydrogen (secondary N) is 1. The summed E-state index contributed by atoms with van der Waals surface area (Å²) in [6.07, 6.45) is 0.143. The second kappa shape index (κ2) is 8.22. The fourth-order valence-electron chi connectivity index (χ4n) is 2.42. The predicted molar refractivity (Wildman–Crippen MR) is 93.3 cm³/mol. The minimum Gasteiger partial charge on any atom is -0.465 e. The molecule has 0 spiro atoms. The van der Waals surface area contributed by atoms with Gasteiger partial charge in [0.05, 0.1) is 23.3 Å². The molecule has 0 aliphatic carbocycles. The maximum atomic E-state index is 12.1. The minimum absolute atomic E-state index is 0.143. The highest BCUT2D eigenvalue weighted by molar-refractivity contribution is 8.04. The third kappa shape index (κ3) is 4.11. The van der Waals surface area contributed by atoms with Gasteiger partial charge < -0.3 is 10.1 Å². The highest BCUT2D eigenvalue weighted by atomic mass is 35.5. The number of hydrogen-bond acceptors (Lipinski definition) is 5. The third-order valence-electron chi connectivity index (χ3n) is 3.55. The first kappa shape index (κ1) is 18.4. The van der Waals surface area contributed by atoms with E-state index in [1.807, 2.05) is 6.07 Å². The van der Waals surface area contributed by atoms with Crippen LogP contribution in [-0.4, -0.2) is 23.7 Å². The maximum absolute atomic E-state index is 12.1. The number of halogens is 1. The zero-order chi connectivity index (χ0) is 17.7. The van der Waals surface area contributed by atoms with Crippen molar-refractivity contribution in [2.24, 2.45) is 0 Å². The topological polar surface area (TPSA) is 79.2 Å². The summed E-state index contributed by atoms with van der Waals surface area (Å²) in [5.41, 5.74) is 1.14. The van der Waals surface area contributed by atoms with Crippen molar-refractivity contribution < 1.29 is 14.3 Å². The lowest BCUT2D eigenvalue weighted by Gasteiger charge is -2.26. The molecule has 0 aromatic heterocycles. The van der Waals surface area contributed by atoms with Crippen LogP contribution in [0.3, 0.4) is 0 Å². The molecule has 2 atom stereocenters. The smallest absolute Gasteiger partial charge is 0.319 e. The number of rotatable bonds is 5. The van der Waals surface area contributed by atoms with Crippen LogP contribution in [-0.2, 0) is 14.3 Å². The summed E-state index contributed by atoms with van der Waals surface area (Å²) in [5.74, 6) is -1.02. The van der Waals surface area contributed by atoms with Gasteiger partial charge in [-0.15, -0.1) is 0 Å². The van der Waals surface area contributed by atoms with Crippen LogP contribution in [0.4, 0.5) is 0 Å². The van der Waals surface area contributed by atoms with E-state index in [0.29, 0.717) is 15.6 Å². The van der Waals surface area contributed by atoms with Crippen molar-refractivity contribution >= 4 is 35.2 Å². The van der Waals surface area contributed by atoms with Gasteiger partial charge in [-0.25, -0.2) is 0 Å². The second-order valence-corrected chi connectivity index (χ2v) is 6.95. The molecule has 1 aromatic carbocycles. The Kier molecular flexibility index (Phi) is 6.29. The summed E-state index contributed by atoms with van der Waals surface area (Å²) in [4.78, 5) is 23.9. The highest BCUT2D eigenvalue weighted by Crippen LogP contribution is 2.39.